The van der Waals surface area contributed by atoms with E-state index in [4.69, 9.17) is 14.5 Å². The van der Waals surface area contributed by atoms with Crippen molar-refractivity contribution in [3.05, 3.63) is 70.0 Å². The van der Waals surface area contributed by atoms with Gasteiger partial charge in [-0.25, -0.2) is 4.98 Å². The second kappa shape index (κ2) is 15.1. The van der Waals surface area contributed by atoms with Crippen LogP contribution in [0, 0.1) is 5.41 Å². The fourth-order valence-corrected chi connectivity index (χ4v) is 6.58. The Kier molecular flexibility index (Phi) is 11.6. The number of benzene rings is 2. The Bertz CT molecular complexity index is 1430. The Morgan fingerprint density at radius 3 is 2.24 bits per heavy atom. The van der Waals surface area contributed by atoms with Crippen molar-refractivity contribution in [2.24, 2.45) is 5.41 Å². The first-order valence-electron chi connectivity index (χ1n) is 15.8. The zero-order valence-electron chi connectivity index (χ0n) is 27.6. The number of carbonyl (C=O) groups is 3. The van der Waals surface area contributed by atoms with Crippen molar-refractivity contribution in [1.82, 2.24) is 14.8 Å². The third-order valence-electron chi connectivity index (χ3n) is 8.08. The van der Waals surface area contributed by atoms with Gasteiger partial charge in [0.2, 0.25) is 0 Å². The number of hydrogen-bond donors (Lipinski definition) is 0. The predicted molar refractivity (Wildman–Crippen MR) is 179 cm³/mol. The number of fused-ring (bicyclic) bond motifs is 1. The molecule has 0 saturated carbocycles. The summed E-state index contributed by atoms with van der Waals surface area (Å²) in [5, 5.41) is 3.00. The number of esters is 1. The molecule has 0 N–H and O–H groups in total. The van der Waals surface area contributed by atoms with Gasteiger partial charge in [-0.15, -0.1) is 11.3 Å². The van der Waals surface area contributed by atoms with Gasteiger partial charge in [-0.1, -0.05) is 24.3 Å². The lowest BCUT2D eigenvalue weighted by Gasteiger charge is -2.29. The van der Waals surface area contributed by atoms with Crippen LogP contribution >= 0.6 is 11.3 Å². The molecule has 9 heteroatoms. The highest BCUT2D eigenvalue weighted by Gasteiger charge is 2.45. The quantitative estimate of drug-likeness (QED) is 0.190. The van der Waals surface area contributed by atoms with Crippen molar-refractivity contribution in [3.63, 3.8) is 0 Å². The molecule has 242 valence electrons. The molecule has 0 spiro atoms. The number of nitrogens with zero attached hydrogens (tertiary/aromatic N) is 3. The Labute approximate surface area is 271 Å². The molecule has 0 radical (unpaired) electrons. The molecule has 2 aromatic carbocycles. The van der Waals surface area contributed by atoms with Crippen molar-refractivity contribution in [2.75, 3.05) is 40.3 Å². The maximum Gasteiger partial charge on any atom is 0.307 e. The summed E-state index contributed by atoms with van der Waals surface area (Å²) in [7, 11) is 3.98. The Hall–Kier alpha value is -3.56. The topological polar surface area (TPSA) is 89.0 Å². The number of aryl methyl sites for hydroxylation is 1. The number of ether oxygens (including phenoxy) is 2. The number of ketones is 1. The van der Waals surface area contributed by atoms with Crippen LogP contribution in [0.5, 0.6) is 5.75 Å². The molecule has 4 rings (SSSR count). The predicted octanol–water partition coefficient (Wildman–Crippen LogP) is 6.01. The maximum atomic E-state index is 13.7. The van der Waals surface area contributed by atoms with Gasteiger partial charge in [-0.2, -0.15) is 0 Å². The number of Topliss-reactive ketones (excluding diaryl/α,β-unsaturated/α-hetero) is 1. The van der Waals surface area contributed by atoms with Gasteiger partial charge in [0.1, 0.15) is 17.1 Å². The van der Waals surface area contributed by atoms with Gasteiger partial charge in [0.15, 0.2) is 6.61 Å². The van der Waals surface area contributed by atoms with E-state index in [1.807, 2.05) is 83.6 Å². The van der Waals surface area contributed by atoms with Crippen molar-refractivity contribution >= 4 is 29.0 Å². The minimum Gasteiger partial charge on any atom is -0.484 e. The first-order valence-corrected chi connectivity index (χ1v) is 16.7. The zero-order valence-corrected chi connectivity index (χ0v) is 28.4. The lowest BCUT2D eigenvalue weighted by molar-refractivity contribution is -0.159. The van der Waals surface area contributed by atoms with Gasteiger partial charge >= 0.3 is 5.97 Å². The van der Waals surface area contributed by atoms with Gasteiger partial charge in [0, 0.05) is 42.4 Å². The third kappa shape index (κ3) is 9.71. The first-order chi connectivity index (χ1) is 21.4. The number of likely N-dealkylation sites (N-methyl/N-ethyl adjacent to an activating group) is 2. The highest BCUT2D eigenvalue weighted by Crippen LogP contribution is 2.42. The maximum absolute atomic E-state index is 13.7. The summed E-state index contributed by atoms with van der Waals surface area (Å²) in [5.41, 5.74) is 2.78. The second-order valence-electron chi connectivity index (χ2n) is 13.2. The van der Waals surface area contributed by atoms with E-state index in [9.17, 15) is 14.4 Å². The highest BCUT2D eigenvalue weighted by atomic mass is 32.1. The minimum atomic E-state index is -0.754. The van der Waals surface area contributed by atoms with Crippen LogP contribution in [0.15, 0.2) is 53.9 Å². The normalized spacial score (nSPS) is 13.8. The Morgan fingerprint density at radius 2 is 1.64 bits per heavy atom. The van der Waals surface area contributed by atoms with E-state index in [0.717, 1.165) is 33.9 Å². The summed E-state index contributed by atoms with van der Waals surface area (Å²) < 4.78 is 11.4. The van der Waals surface area contributed by atoms with Crippen molar-refractivity contribution < 1.29 is 23.9 Å². The van der Waals surface area contributed by atoms with Crippen molar-refractivity contribution in [2.45, 2.75) is 71.8 Å². The van der Waals surface area contributed by atoms with Crippen LogP contribution in [-0.4, -0.2) is 78.4 Å². The molecule has 0 unspecified atom stereocenters. The molecule has 1 amide bonds. The molecule has 0 aliphatic heterocycles. The first kappa shape index (κ1) is 34.3. The second-order valence-corrected chi connectivity index (χ2v) is 14.1. The van der Waals surface area contributed by atoms with Gasteiger partial charge in [-0.05, 0) is 103 Å². The number of carbonyl (C=O) groups excluding carboxylic acids is 3. The van der Waals surface area contributed by atoms with Crippen LogP contribution in [0.1, 0.15) is 63.1 Å². The van der Waals surface area contributed by atoms with E-state index in [0.29, 0.717) is 50.9 Å². The van der Waals surface area contributed by atoms with Crippen LogP contribution in [-0.2, 0) is 38.4 Å². The van der Waals surface area contributed by atoms with E-state index >= 15 is 0 Å². The number of amides is 1. The van der Waals surface area contributed by atoms with Gasteiger partial charge in [-0.3, -0.25) is 14.4 Å². The monoisotopic (exact) mass is 633 g/mol. The van der Waals surface area contributed by atoms with E-state index in [1.54, 1.807) is 16.2 Å². The molecule has 0 atom stereocenters. The summed E-state index contributed by atoms with van der Waals surface area (Å²) >= 11 is 1.58. The smallest absolute Gasteiger partial charge is 0.307 e. The molecular weight excluding hydrogens is 586 g/mol. The van der Waals surface area contributed by atoms with Crippen LogP contribution in [0.4, 0.5) is 0 Å². The van der Waals surface area contributed by atoms with Crippen LogP contribution < -0.4 is 4.74 Å². The number of thiazole rings is 1. The van der Waals surface area contributed by atoms with E-state index in [-0.39, 0.29) is 30.7 Å². The Balaban J connectivity index is 1.30. The summed E-state index contributed by atoms with van der Waals surface area (Å²) in [4.78, 5) is 47.8. The summed E-state index contributed by atoms with van der Waals surface area (Å²) in [6, 6.07) is 15.7. The van der Waals surface area contributed by atoms with Crippen LogP contribution in [0.3, 0.4) is 0 Å². The lowest BCUT2D eigenvalue weighted by Crippen LogP contribution is -2.39. The van der Waals surface area contributed by atoms with E-state index in [1.165, 1.54) is 0 Å². The molecule has 8 nitrogen and oxygen atoms in total. The van der Waals surface area contributed by atoms with Crippen molar-refractivity contribution in [1.29, 1.82) is 0 Å². The highest BCUT2D eigenvalue weighted by molar-refractivity contribution is 7.09. The molecule has 45 heavy (non-hydrogen) atoms. The van der Waals surface area contributed by atoms with Gasteiger partial charge in [0.25, 0.3) is 5.91 Å². The average Bonchev–Trinajstić information content (AvgIpc) is 3.60. The molecule has 1 aliphatic carbocycles. The SMILES string of the molecule is CCN(CCN(C)C)C(=O)COc1ccc(-c2csc(CCCC(=O)C3(CC(=O)OC(C)(C)C)Cc4ccccc4C3)n2)cc1. The average molecular weight is 634 g/mol. The lowest BCUT2D eigenvalue weighted by atomic mass is 9.75. The molecule has 0 saturated heterocycles. The molecule has 0 fully saturated rings. The fraction of sp³-hybridized carbons (Fsp3) is 0.500. The van der Waals surface area contributed by atoms with E-state index in [2.05, 4.69) is 17.0 Å². The number of rotatable bonds is 15. The van der Waals surface area contributed by atoms with Gasteiger partial charge in [0.05, 0.1) is 17.1 Å². The standard InChI is InChI=1S/C36H47N3O5S/c1-7-39(20-19-38(5)6)33(41)24-43-29-17-15-26(16-18-29)30-25-45-32(37-30)14-10-13-31(40)36(23-34(42)44-35(2,3)4)21-27-11-8-9-12-28(27)22-36/h8-9,11-12,15-18,25H,7,10,13-14,19-24H2,1-6H3. The zero-order chi connectivity index (χ0) is 32.6. The molecular formula is C36H47N3O5S. The molecule has 0 bridgehead atoms. The molecule has 3 aromatic rings. The summed E-state index contributed by atoms with van der Waals surface area (Å²) in [6.45, 7) is 9.67. The summed E-state index contributed by atoms with van der Waals surface area (Å²) in [6.07, 6.45) is 2.99. The third-order valence-corrected chi connectivity index (χ3v) is 8.99. The van der Waals surface area contributed by atoms with Gasteiger partial charge < -0.3 is 19.3 Å². The van der Waals surface area contributed by atoms with E-state index < -0.39 is 11.0 Å². The summed E-state index contributed by atoms with van der Waals surface area (Å²) in [5.74, 6) is 0.410. The van der Waals surface area contributed by atoms with Crippen LogP contribution in [0.25, 0.3) is 11.3 Å². The number of aromatic nitrogens is 1. The molecule has 1 aromatic heterocycles. The fourth-order valence-electron chi connectivity index (χ4n) is 5.73. The van der Waals surface area contributed by atoms with Crippen LogP contribution in [0.2, 0.25) is 0 Å². The molecule has 1 heterocycles. The molecule has 1 aliphatic rings. The number of hydrogen-bond acceptors (Lipinski definition) is 8. The Morgan fingerprint density at radius 1 is 0.978 bits per heavy atom. The van der Waals surface area contributed by atoms with Crippen molar-refractivity contribution in [3.8, 4) is 17.0 Å². The minimum absolute atomic E-state index is 0.00529. The largest absolute Gasteiger partial charge is 0.484 e.